The zero-order chi connectivity index (χ0) is 22.8. The molecule has 0 unspecified atom stereocenters. The molecule has 3 rings (SSSR count). The van der Waals surface area contributed by atoms with Crippen molar-refractivity contribution >= 4 is 26.0 Å². The van der Waals surface area contributed by atoms with Crippen LogP contribution in [0.4, 0.5) is 8.78 Å². The Balaban J connectivity index is 1.90. The Morgan fingerprint density at radius 2 is 1.55 bits per heavy atom. The van der Waals surface area contributed by atoms with E-state index in [-0.39, 0.29) is 11.5 Å². The van der Waals surface area contributed by atoms with Gasteiger partial charge in [-0.1, -0.05) is 36.8 Å². The van der Waals surface area contributed by atoms with Crippen LogP contribution in [0.3, 0.4) is 0 Å². The molecule has 0 aromatic heterocycles. The Labute approximate surface area is 178 Å². The molecule has 3 N–H and O–H groups in total. The monoisotopic (exact) mass is 468 g/mol. The van der Waals surface area contributed by atoms with Crippen molar-refractivity contribution in [2.75, 3.05) is 0 Å². The van der Waals surface area contributed by atoms with Gasteiger partial charge in [-0.2, -0.15) is 0 Å². The number of nitrogens with one attached hydrogen (secondary N) is 1. The molecule has 0 saturated heterocycles. The van der Waals surface area contributed by atoms with E-state index in [4.69, 9.17) is 5.14 Å². The molecule has 1 saturated carbocycles. The Bertz CT molecular complexity index is 1280. The summed E-state index contributed by atoms with van der Waals surface area (Å²) in [6.45, 7) is 0. The van der Waals surface area contributed by atoms with Crippen LogP contribution in [0.5, 0.6) is 0 Å². The van der Waals surface area contributed by atoms with Crippen molar-refractivity contribution in [3.8, 4) is 11.8 Å². The lowest BCUT2D eigenvalue weighted by Gasteiger charge is -2.11. The quantitative estimate of drug-likeness (QED) is 0.667. The zero-order valence-corrected chi connectivity index (χ0v) is 17.7. The van der Waals surface area contributed by atoms with Crippen molar-refractivity contribution in [2.24, 2.45) is 11.1 Å². The summed E-state index contributed by atoms with van der Waals surface area (Å²) in [4.78, 5) is 10.7. The minimum atomic E-state index is -4.81. The lowest BCUT2D eigenvalue weighted by molar-refractivity contribution is 0.0973. The molecule has 1 fully saturated rings. The van der Waals surface area contributed by atoms with Crippen LogP contribution >= 0.6 is 0 Å². The molecule has 1 aliphatic rings. The van der Waals surface area contributed by atoms with Gasteiger partial charge in [0.2, 0.25) is 10.0 Å². The first-order valence-corrected chi connectivity index (χ1v) is 12.2. The van der Waals surface area contributed by atoms with Gasteiger partial charge in [0, 0.05) is 11.5 Å². The highest BCUT2D eigenvalue weighted by atomic mass is 32.2. The molecule has 0 aliphatic heterocycles. The van der Waals surface area contributed by atoms with E-state index in [2.05, 4.69) is 11.8 Å². The van der Waals surface area contributed by atoms with E-state index < -0.39 is 52.9 Å². The molecule has 31 heavy (non-hydrogen) atoms. The van der Waals surface area contributed by atoms with Crippen molar-refractivity contribution in [3.63, 3.8) is 0 Å². The van der Waals surface area contributed by atoms with Gasteiger partial charge in [-0.25, -0.2) is 35.5 Å². The molecular weight excluding hydrogens is 450 g/mol. The summed E-state index contributed by atoms with van der Waals surface area (Å²) in [5.41, 5.74) is -1.12. The first-order chi connectivity index (χ1) is 14.5. The molecule has 0 heterocycles. The number of rotatable bonds is 4. The lowest BCUT2D eigenvalue weighted by atomic mass is 10.1. The molecule has 0 bridgehead atoms. The molecule has 11 heteroatoms. The van der Waals surface area contributed by atoms with E-state index in [1.165, 1.54) is 16.9 Å². The van der Waals surface area contributed by atoms with Crippen LogP contribution in [-0.4, -0.2) is 22.7 Å². The van der Waals surface area contributed by atoms with Gasteiger partial charge >= 0.3 is 0 Å². The molecule has 0 radical (unpaired) electrons. The summed E-state index contributed by atoms with van der Waals surface area (Å²) in [6.07, 6.45) is 3.92. The van der Waals surface area contributed by atoms with Crippen LogP contribution in [0.2, 0.25) is 0 Å². The number of hydrogen-bond acceptors (Lipinski definition) is 5. The highest BCUT2D eigenvalue weighted by Gasteiger charge is 2.28. The number of halogens is 2. The van der Waals surface area contributed by atoms with E-state index in [1.54, 1.807) is 0 Å². The number of benzene rings is 2. The zero-order valence-electron chi connectivity index (χ0n) is 16.1. The van der Waals surface area contributed by atoms with Crippen LogP contribution in [-0.2, 0) is 20.0 Å². The number of primary sulfonamides is 1. The molecule has 0 spiro atoms. The van der Waals surface area contributed by atoms with Gasteiger partial charge in [-0.05, 0) is 37.1 Å². The third-order valence-electron chi connectivity index (χ3n) is 4.72. The molecule has 2 aromatic rings. The maximum atomic E-state index is 14.4. The summed E-state index contributed by atoms with van der Waals surface area (Å²) < 4.78 is 78.6. The second-order valence-corrected chi connectivity index (χ2v) is 10.2. The topological polar surface area (TPSA) is 123 Å². The number of sulfonamides is 2. The maximum absolute atomic E-state index is 14.4. The second-order valence-electron chi connectivity index (χ2n) is 6.99. The first-order valence-electron chi connectivity index (χ1n) is 9.18. The fourth-order valence-electron chi connectivity index (χ4n) is 3.25. The van der Waals surface area contributed by atoms with Crippen LogP contribution in [0.25, 0.3) is 0 Å². The van der Waals surface area contributed by atoms with E-state index >= 15 is 0 Å². The van der Waals surface area contributed by atoms with Gasteiger partial charge in [0.05, 0.1) is 0 Å². The minimum absolute atomic E-state index is 0.0147. The molecular formula is C20H18F2N2O5S2. The van der Waals surface area contributed by atoms with Crippen LogP contribution in [0, 0.1) is 29.4 Å². The fourth-order valence-corrected chi connectivity index (χ4v) is 5.59. The summed E-state index contributed by atoms with van der Waals surface area (Å²) in [7, 11) is -9.25. The number of amides is 1. The third kappa shape index (κ3) is 5.28. The Morgan fingerprint density at radius 3 is 2.10 bits per heavy atom. The summed E-state index contributed by atoms with van der Waals surface area (Å²) in [5, 5.41) is 5.00. The second kappa shape index (κ2) is 8.74. The highest BCUT2D eigenvalue weighted by molar-refractivity contribution is 7.92. The number of nitrogens with two attached hydrogens (primary N) is 1. The third-order valence-corrected chi connectivity index (χ3v) is 7.20. The number of hydrogen-bond donors (Lipinski definition) is 2. The number of carbonyl (C=O) groups is 1. The maximum Gasteiger partial charge on any atom is 0.270 e. The number of carbonyl (C=O) groups excluding carboxylic acids is 1. The Kier molecular flexibility index (Phi) is 6.45. The van der Waals surface area contributed by atoms with Gasteiger partial charge in [0.15, 0.2) is 0 Å². The minimum Gasteiger partial charge on any atom is -0.268 e. The smallest absolute Gasteiger partial charge is 0.268 e. The molecule has 1 aliphatic carbocycles. The van der Waals surface area contributed by atoms with Gasteiger partial charge in [-0.15, -0.1) is 0 Å². The van der Waals surface area contributed by atoms with Gasteiger partial charge in [-0.3, -0.25) is 4.79 Å². The van der Waals surface area contributed by atoms with Gasteiger partial charge in [0.1, 0.15) is 27.0 Å². The van der Waals surface area contributed by atoms with Gasteiger partial charge < -0.3 is 0 Å². The predicted octanol–water partition coefficient (Wildman–Crippen LogP) is 2.27. The average Bonchev–Trinajstić information content (AvgIpc) is 3.18. The summed E-state index contributed by atoms with van der Waals surface area (Å²) in [5.74, 6) is 1.55. The molecule has 7 nitrogen and oxygen atoms in total. The standard InChI is InChI=1S/C20H18F2N2O5S2/c21-15-11-14(10-9-13-5-1-2-6-13)12-16(22)19(15)20(25)24-31(28,29)18-8-4-3-7-17(18)30(23,26)27/h3-4,7-8,11-13H,1-2,5-6H2,(H,24,25)(H2,23,26,27). The molecule has 2 aromatic carbocycles. The van der Waals surface area contributed by atoms with Crippen LogP contribution in [0.15, 0.2) is 46.2 Å². The molecule has 1 amide bonds. The predicted molar refractivity (Wildman–Crippen MR) is 108 cm³/mol. The van der Waals surface area contributed by atoms with E-state index in [0.717, 1.165) is 49.9 Å². The summed E-state index contributed by atoms with van der Waals surface area (Å²) >= 11 is 0. The van der Waals surface area contributed by atoms with Gasteiger partial charge in [0.25, 0.3) is 15.9 Å². The van der Waals surface area contributed by atoms with Crippen molar-refractivity contribution < 1.29 is 30.4 Å². The average molecular weight is 469 g/mol. The van der Waals surface area contributed by atoms with E-state index in [1.807, 2.05) is 0 Å². The van der Waals surface area contributed by atoms with Crippen LogP contribution in [0.1, 0.15) is 41.6 Å². The lowest BCUT2D eigenvalue weighted by Crippen LogP contribution is -2.33. The molecule has 0 atom stereocenters. The Morgan fingerprint density at radius 1 is 1.00 bits per heavy atom. The van der Waals surface area contributed by atoms with Crippen LogP contribution < -0.4 is 9.86 Å². The van der Waals surface area contributed by atoms with Crippen molar-refractivity contribution in [1.82, 2.24) is 4.72 Å². The summed E-state index contributed by atoms with van der Waals surface area (Å²) in [6, 6.07) is 5.92. The highest BCUT2D eigenvalue weighted by Crippen LogP contribution is 2.24. The van der Waals surface area contributed by atoms with Crippen molar-refractivity contribution in [1.29, 1.82) is 0 Å². The SMILES string of the molecule is NS(=O)(=O)c1ccccc1S(=O)(=O)NC(=O)c1c(F)cc(C#CC2CCCC2)cc1F. The largest absolute Gasteiger partial charge is 0.270 e. The first kappa shape index (κ1) is 22.9. The van der Waals surface area contributed by atoms with Crippen molar-refractivity contribution in [2.45, 2.75) is 35.5 Å². The fraction of sp³-hybridized carbons (Fsp3) is 0.250. The van der Waals surface area contributed by atoms with Crippen molar-refractivity contribution in [3.05, 3.63) is 59.2 Å². The van der Waals surface area contributed by atoms with E-state index in [9.17, 15) is 30.4 Å². The Hall–Kier alpha value is -2.81. The molecule has 164 valence electrons. The normalized spacial score (nSPS) is 14.7. The van der Waals surface area contributed by atoms with E-state index in [0.29, 0.717) is 0 Å².